The monoisotopic (exact) mass is 1080 g/mol. The summed E-state index contributed by atoms with van der Waals surface area (Å²) in [6.45, 7) is 13.7. The molecule has 0 spiro atoms. The fourth-order valence-electron chi connectivity index (χ4n) is 13.2. The van der Waals surface area contributed by atoms with Crippen molar-refractivity contribution in [3.63, 3.8) is 0 Å². The van der Waals surface area contributed by atoms with E-state index in [0.29, 0.717) is 0 Å². The molecule has 0 aliphatic rings. The van der Waals surface area contributed by atoms with Gasteiger partial charge in [0, 0.05) is 88.6 Å². The van der Waals surface area contributed by atoms with E-state index in [1.165, 1.54) is 43.7 Å². The summed E-state index contributed by atoms with van der Waals surface area (Å²) in [5, 5.41) is 11.3. The van der Waals surface area contributed by atoms with Crippen LogP contribution in [-0.4, -0.2) is 9.13 Å². The Hall–Kier alpha value is -10.3. The molecule has 0 saturated carbocycles. The second kappa shape index (κ2) is 18.6. The van der Waals surface area contributed by atoms with Crippen LogP contribution >= 0.6 is 0 Å². The molecule has 0 fully saturated rings. The number of hydrogen-bond donors (Lipinski definition) is 0. The Morgan fingerprint density at radius 1 is 0.262 bits per heavy atom. The summed E-state index contributed by atoms with van der Waals surface area (Å²) < 4.78 is 18.4. The zero-order valence-corrected chi connectivity index (χ0v) is 47.9. The van der Waals surface area contributed by atoms with Gasteiger partial charge in [0.05, 0.1) is 22.1 Å². The van der Waals surface area contributed by atoms with Crippen LogP contribution in [0.1, 0.15) is 52.7 Å². The van der Waals surface area contributed by atoms with Gasteiger partial charge in [-0.25, -0.2) is 0 Å². The molecule has 6 nitrogen and oxygen atoms in total. The van der Waals surface area contributed by atoms with Crippen molar-refractivity contribution < 1.29 is 8.83 Å². The van der Waals surface area contributed by atoms with Crippen molar-refractivity contribution in [3.05, 3.63) is 266 Å². The molecule has 0 saturated heterocycles. The van der Waals surface area contributed by atoms with Crippen LogP contribution in [0.4, 0.5) is 34.1 Å². The van der Waals surface area contributed by atoms with Crippen LogP contribution in [0, 0.1) is 0 Å². The van der Waals surface area contributed by atoms with Crippen LogP contribution < -0.4 is 9.80 Å². The maximum Gasteiger partial charge on any atom is 0.136 e. The molecule has 84 heavy (non-hydrogen) atoms. The van der Waals surface area contributed by atoms with Gasteiger partial charge in [-0.15, -0.1) is 0 Å². The van der Waals surface area contributed by atoms with Crippen LogP contribution in [0.25, 0.3) is 110 Å². The second-order valence-electron chi connectivity index (χ2n) is 24.6. The van der Waals surface area contributed by atoms with Crippen LogP contribution in [0.5, 0.6) is 0 Å². The van der Waals surface area contributed by atoms with Crippen molar-refractivity contribution in [1.82, 2.24) is 9.13 Å². The summed E-state index contributed by atoms with van der Waals surface area (Å²) in [7, 11) is 0. The van der Waals surface area contributed by atoms with Crippen molar-refractivity contribution in [2.24, 2.45) is 0 Å². The van der Waals surface area contributed by atoms with E-state index >= 15 is 0 Å². The zero-order valence-electron chi connectivity index (χ0n) is 47.9. The third-order valence-electron chi connectivity index (χ3n) is 17.3. The van der Waals surface area contributed by atoms with E-state index in [9.17, 15) is 0 Å². The first-order valence-corrected chi connectivity index (χ1v) is 29.1. The molecule has 0 aliphatic heterocycles. The highest BCUT2D eigenvalue weighted by molar-refractivity contribution is 6.28. The zero-order chi connectivity index (χ0) is 56.6. The Balaban J connectivity index is 0.857. The Morgan fingerprint density at radius 3 is 1.05 bits per heavy atom. The Kier molecular flexibility index (Phi) is 11.0. The highest BCUT2D eigenvalue weighted by Gasteiger charge is 2.25. The first kappa shape index (κ1) is 49.5. The average Bonchev–Trinajstić information content (AvgIpc) is 1.84. The van der Waals surface area contributed by atoms with Gasteiger partial charge >= 0.3 is 0 Å². The fourth-order valence-corrected chi connectivity index (χ4v) is 13.2. The lowest BCUT2D eigenvalue weighted by atomic mass is 9.87. The minimum Gasteiger partial charge on any atom is -0.456 e. The quantitative estimate of drug-likeness (QED) is 0.152. The number of aromatic nitrogens is 2. The van der Waals surface area contributed by atoms with E-state index < -0.39 is 0 Å². The number of para-hydroxylation sites is 4. The predicted octanol–water partition coefficient (Wildman–Crippen LogP) is 22.4. The molecule has 0 amide bonds. The molecule has 4 heterocycles. The van der Waals surface area contributed by atoms with Crippen LogP contribution in [0.2, 0.25) is 0 Å². The lowest BCUT2D eigenvalue weighted by Gasteiger charge is -2.26. The minimum atomic E-state index is 0.000193. The predicted molar refractivity (Wildman–Crippen MR) is 354 cm³/mol. The topological polar surface area (TPSA) is 42.6 Å². The van der Waals surface area contributed by atoms with Crippen molar-refractivity contribution in [1.29, 1.82) is 0 Å². The maximum atomic E-state index is 6.78. The molecule has 12 aromatic carbocycles. The summed E-state index contributed by atoms with van der Waals surface area (Å²) in [4.78, 5) is 4.75. The molecular formula is C78H60N4O2. The van der Waals surface area contributed by atoms with E-state index in [0.717, 1.165) is 111 Å². The van der Waals surface area contributed by atoms with Gasteiger partial charge < -0.3 is 27.8 Å². The second-order valence-corrected chi connectivity index (χ2v) is 24.6. The summed E-state index contributed by atoms with van der Waals surface area (Å²) in [6.07, 6.45) is 0. The summed E-state index contributed by atoms with van der Waals surface area (Å²) in [6, 6.07) is 92.8. The highest BCUT2D eigenvalue weighted by Crippen LogP contribution is 2.47. The van der Waals surface area contributed by atoms with Crippen LogP contribution in [-0.2, 0) is 10.8 Å². The van der Waals surface area contributed by atoms with Gasteiger partial charge in [-0.2, -0.15) is 0 Å². The molecule has 0 aliphatic carbocycles. The van der Waals surface area contributed by atoms with Crippen molar-refractivity contribution in [3.8, 4) is 11.4 Å². The van der Waals surface area contributed by atoms with Gasteiger partial charge in [0.25, 0.3) is 0 Å². The molecule has 6 heteroatoms. The summed E-state index contributed by atoms with van der Waals surface area (Å²) >= 11 is 0. The molecular weight excluding hydrogens is 1020 g/mol. The molecule has 16 aromatic rings. The molecule has 0 unspecified atom stereocenters. The van der Waals surface area contributed by atoms with Crippen molar-refractivity contribution >= 4 is 132 Å². The van der Waals surface area contributed by atoms with E-state index in [1.54, 1.807) is 0 Å². The minimum absolute atomic E-state index is 0.000193. The van der Waals surface area contributed by atoms with E-state index in [-0.39, 0.29) is 10.8 Å². The number of fused-ring (bicyclic) bond motifs is 15. The smallest absolute Gasteiger partial charge is 0.136 e. The van der Waals surface area contributed by atoms with Crippen molar-refractivity contribution in [2.45, 2.75) is 52.4 Å². The van der Waals surface area contributed by atoms with Crippen LogP contribution in [0.3, 0.4) is 0 Å². The molecule has 16 rings (SSSR count). The molecule has 0 bridgehead atoms. The van der Waals surface area contributed by atoms with Gasteiger partial charge in [-0.3, -0.25) is 0 Å². The third kappa shape index (κ3) is 7.85. The molecule has 4 aromatic heterocycles. The number of rotatable bonds is 8. The van der Waals surface area contributed by atoms with E-state index in [2.05, 4.69) is 315 Å². The Labute approximate surface area is 487 Å². The highest BCUT2D eigenvalue weighted by atomic mass is 16.3. The van der Waals surface area contributed by atoms with Gasteiger partial charge in [-0.1, -0.05) is 151 Å². The number of nitrogens with zero attached hydrogens (tertiary/aromatic N) is 4. The normalized spacial score (nSPS) is 12.4. The average molecular weight is 1090 g/mol. The molecule has 404 valence electrons. The first-order valence-electron chi connectivity index (χ1n) is 29.1. The Morgan fingerprint density at radius 2 is 0.619 bits per heavy atom. The number of anilines is 6. The maximum absolute atomic E-state index is 6.78. The SMILES string of the molecule is CC(C)(C)c1cccc(-n2c3ccccc3c3ccc(N(c4ccccc4)c4ccc5oc6ccc7c(ccc8oc9ccc(N(c%10ccccc%10)c%10ccc%11c%12ccccc%12n(-c%12cccc(C(C)(C)C)c%12)c%11c%10)cc9c87)c6c5c4)cc32)c1. The lowest BCUT2D eigenvalue weighted by molar-refractivity contribution is 0.589. The van der Waals surface area contributed by atoms with Crippen molar-refractivity contribution in [2.75, 3.05) is 9.80 Å². The van der Waals surface area contributed by atoms with Gasteiger partial charge in [0.1, 0.15) is 22.3 Å². The van der Waals surface area contributed by atoms with E-state index in [4.69, 9.17) is 8.83 Å². The lowest BCUT2D eigenvalue weighted by Crippen LogP contribution is -2.11. The standard InChI is InChI=1S/C78H60N4O2/c1-77(2,3)49-19-17-25-53(43-49)81-67-29-15-13-27-59(67)61-35-31-57(47-69(61)81)79(51-21-9-7-10-22-51)55-33-39-71-65(45-55)75-63-37-42-74-76(64(63)38-41-73(75)83-71)66-46-56(34-40-72(66)84-74)80(52-23-11-8-12-24-52)58-32-36-62-60-28-14-16-30-68(60)82(70(62)48-58)54-26-18-20-50(44-54)78(4,5)6/h7-48H,1-6H3. The fraction of sp³-hybridized carbons (Fsp3) is 0.103. The first-order chi connectivity index (χ1) is 40.9. The molecule has 0 atom stereocenters. The van der Waals surface area contributed by atoms with Gasteiger partial charge in [0.2, 0.25) is 0 Å². The third-order valence-corrected chi connectivity index (χ3v) is 17.3. The number of furan rings is 2. The largest absolute Gasteiger partial charge is 0.456 e. The van der Waals surface area contributed by atoms with Gasteiger partial charge in [0.15, 0.2) is 0 Å². The van der Waals surface area contributed by atoms with Crippen LogP contribution in [0.15, 0.2) is 264 Å². The number of hydrogen-bond acceptors (Lipinski definition) is 4. The van der Waals surface area contributed by atoms with E-state index in [1.807, 2.05) is 0 Å². The summed E-state index contributed by atoms with van der Waals surface area (Å²) in [5.74, 6) is 0. The summed E-state index contributed by atoms with van der Waals surface area (Å²) in [5.41, 5.74) is 19.2. The Bertz CT molecular complexity index is 4960. The number of benzene rings is 12. The molecule has 0 N–H and O–H groups in total. The molecule has 0 radical (unpaired) electrons. The van der Waals surface area contributed by atoms with Gasteiger partial charge in [-0.05, 0) is 178 Å².